The highest BCUT2D eigenvalue weighted by Crippen LogP contribution is 2.26. The van der Waals surface area contributed by atoms with Gasteiger partial charge < -0.3 is 10.1 Å². The van der Waals surface area contributed by atoms with Gasteiger partial charge in [0.05, 0.1) is 0 Å². The number of benzene rings is 1. The molecule has 1 N–H and O–H groups in total. The van der Waals surface area contributed by atoms with E-state index in [4.69, 9.17) is 4.74 Å². The molecule has 0 radical (unpaired) electrons. The quantitative estimate of drug-likeness (QED) is 0.889. The SMILES string of the molecule is Cc1cc(OCCN2CCC3CNCC3C2)ccc1C(C)C.Cl. The van der Waals surface area contributed by atoms with Gasteiger partial charge in [-0.05, 0) is 74.0 Å². The molecule has 4 heteroatoms. The van der Waals surface area contributed by atoms with Crippen LogP contribution in [0.25, 0.3) is 0 Å². The number of nitrogens with one attached hydrogen (secondary N) is 1. The number of hydrogen-bond acceptors (Lipinski definition) is 3. The summed E-state index contributed by atoms with van der Waals surface area (Å²) in [5, 5.41) is 3.53. The minimum absolute atomic E-state index is 0. The van der Waals surface area contributed by atoms with Crippen molar-refractivity contribution in [2.45, 2.75) is 33.1 Å². The molecule has 0 aromatic heterocycles. The van der Waals surface area contributed by atoms with Gasteiger partial charge >= 0.3 is 0 Å². The lowest BCUT2D eigenvalue weighted by atomic mass is 9.89. The van der Waals surface area contributed by atoms with E-state index in [1.807, 2.05) is 0 Å². The highest BCUT2D eigenvalue weighted by Gasteiger charge is 2.32. The van der Waals surface area contributed by atoms with E-state index in [2.05, 4.69) is 49.2 Å². The van der Waals surface area contributed by atoms with Crippen LogP contribution in [0.4, 0.5) is 0 Å². The first-order valence-electron chi connectivity index (χ1n) is 8.80. The van der Waals surface area contributed by atoms with Crippen molar-refractivity contribution in [3.05, 3.63) is 29.3 Å². The average Bonchev–Trinajstić information content (AvgIpc) is 2.94. The van der Waals surface area contributed by atoms with Gasteiger partial charge in [-0.3, -0.25) is 4.90 Å². The van der Waals surface area contributed by atoms with Crippen molar-refractivity contribution in [3.8, 4) is 5.75 Å². The van der Waals surface area contributed by atoms with Crippen molar-refractivity contribution >= 4 is 12.4 Å². The number of ether oxygens (including phenoxy) is 1. The normalized spacial score (nSPS) is 24.3. The fraction of sp³-hybridized carbons (Fsp3) is 0.684. The molecule has 0 amide bonds. The monoisotopic (exact) mass is 338 g/mol. The van der Waals surface area contributed by atoms with Crippen molar-refractivity contribution in [1.29, 1.82) is 0 Å². The molecule has 2 fully saturated rings. The lowest BCUT2D eigenvalue weighted by Gasteiger charge is -2.34. The molecule has 0 spiro atoms. The Kier molecular flexibility index (Phi) is 6.75. The molecule has 2 atom stereocenters. The van der Waals surface area contributed by atoms with Crippen molar-refractivity contribution in [2.24, 2.45) is 11.8 Å². The van der Waals surface area contributed by atoms with Crippen molar-refractivity contribution in [1.82, 2.24) is 10.2 Å². The van der Waals surface area contributed by atoms with Crippen LogP contribution in [0.2, 0.25) is 0 Å². The number of rotatable bonds is 5. The van der Waals surface area contributed by atoms with Crippen LogP contribution in [0.3, 0.4) is 0 Å². The minimum atomic E-state index is 0. The number of nitrogens with zero attached hydrogens (tertiary/aromatic N) is 1. The highest BCUT2D eigenvalue weighted by atomic mass is 35.5. The van der Waals surface area contributed by atoms with E-state index in [-0.39, 0.29) is 12.4 Å². The second-order valence-corrected chi connectivity index (χ2v) is 7.29. The molecule has 3 nitrogen and oxygen atoms in total. The van der Waals surface area contributed by atoms with Crippen molar-refractivity contribution in [2.75, 3.05) is 39.3 Å². The third-order valence-corrected chi connectivity index (χ3v) is 5.33. The molecule has 0 saturated carbocycles. The zero-order chi connectivity index (χ0) is 15.5. The van der Waals surface area contributed by atoms with Gasteiger partial charge in [-0.25, -0.2) is 0 Å². The lowest BCUT2D eigenvalue weighted by molar-refractivity contribution is 0.127. The first-order chi connectivity index (χ1) is 10.6. The molecule has 2 aliphatic heterocycles. The molecule has 130 valence electrons. The predicted octanol–water partition coefficient (Wildman–Crippen LogP) is 3.46. The maximum absolute atomic E-state index is 5.98. The molecule has 1 aromatic carbocycles. The smallest absolute Gasteiger partial charge is 0.119 e. The van der Waals surface area contributed by atoms with E-state index in [0.717, 1.165) is 30.7 Å². The molecule has 0 aliphatic carbocycles. The van der Waals surface area contributed by atoms with Crippen LogP contribution in [0, 0.1) is 18.8 Å². The summed E-state index contributed by atoms with van der Waals surface area (Å²) in [5.74, 6) is 3.37. The van der Waals surface area contributed by atoms with Gasteiger partial charge in [0.1, 0.15) is 12.4 Å². The van der Waals surface area contributed by atoms with Crippen LogP contribution < -0.4 is 10.1 Å². The Morgan fingerprint density at radius 2 is 2.04 bits per heavy atom. The number of hydrogen-bond donors (Lipinski definition) is 1. The van der Waals surface area contributed by atoms with Gasteiger partial charge in [-0.2, -0.15) is 0 Å². The number of likely N-dealkylation sites (tertiary alicyclic amines) is 1. The summed E-state index contributed by atoms with van der Waals surface area (Å²) in [6, 6.07) is 6.52. The van der Waals surface area contributed by atoms with E-state index >= 15 is 0 Å². The molecule has 2 saturated heterocycles. The Morgan fingerprint density at radius 1 is 1.26 bits per heavy atom. The summed E-state index contributed by atoms with van der Waals surface area (Å²) >= 11 is 0. The maximum atomic E-state index is 5.98. The van der Waals surface area contributed by atoms with Gasteiger partial charge in [-0.15, -0.1) is 12.4 Å². The number of halogens is 1. The average molecular weight is 339 g/mol. The van der Waals surface area contributed by atoms with Crippen molar-refractivity contribution < 1.29 is 4.74 Å². The van der Waals surface area contributed by atoms with Crippen LogP contribution >= 0.6 is 12.4 Å². The zero-order valence-corrected chi connectivity index (χ0v) is 15.5. The van der Waals surface area contributed by atoms with Gasteiger partial charge in [0.2, 0.25) is 0 Å². The summed E-state index contributed by atoms with van der Waals surface area (Å²) < 4.78 is 5.98. The second kappa shape index (κ2) is 8.36. The Balaban J connectivity index is 0.00000192. The van der Waals surface area contributed by atoms with Gasteiger partial charge in [0.25, 0.3) is 0 Å². The second-order valence-electron chi connectivity index (χ2n) is 7.29. The molecule has 2 unspecified atom stereocenters. The molecule has 3 rings (SSSR count). The van der Waals surface area contributed by atoms with E-state index in [1.165, 1.54) is 43.7 Å². The summed E-state index contributed by atoms with van der Waals surface area (Å²) in [4.78, 5) is 2.57. The summed E-state index contributed by atoms with van der Waals surface area (Å²) in [6.07, 6.45) is 1.35. The third kappa shape index (κ3) is 4.62. The molecular formula is C19H31ClN2O. The Morgan fingerprint density at radius 3 is 2.78 bits per heavy atom. The first kappa shape index (κ1) is 18.6. The predicted molar refractivity (Wildman–Crippen MR) is 98.9 cm³/mol. The number of piperidine rings is 1. The van der Waals surface area contributed by atoms with E-state index in [0.29, 0.717) is 5.92 Å². The van der Waals surface area contributed by atoms with E-state index < -0.39 is 0 Å². The Bertz CT molecular complexity index is 506. The fourth-order valence-electron chi connectivity index (χ4n) is 3.99. The van der Waals surface area contributed by atoms with E-state index in [1.54, 1.807) is 0 Å². The molecular weight excluding hydrogens is 308 g/mol. The highest BCUT2D eigenvalue weighted by molar-refractivity contribution is 5.85. The number of fused-ring (bicyclic) bond motifs is 1. The van der Waals surface area contributed by atoms with Gasteiger partial charge in [0, 0.05) is 13.1 Å². The summed E-state index contributed by atoms with van der Waals surface area (Å²) in [7, 11) is 0. The largest absolute Gasteiger partial charge is 0.492 e. The summed E-state index contributed by atoms with van der Waals surface area (Å²) in [6.45, 7) is 13.4. The molecule has 2 heterocycles. The standard InChI is InChI=1S/C19H30N2O.ClH/c1-14(2)19-5-4-18(10-15(19)3)22-9-8-21-7-6-16-11-20-12-17(16)13-21;/h4-5,10,14,16-17,20H,6-9,11-13H2,1-3H3;1H. The van der Waals surface area contributed by atoms with Gasteiger partial charge in [-0.1, -0.05) is 19.9 Å². The fourth-order valence-corrected chi connectivity index (χ4v) is 3.99. The Hall–Kier alpha value is -0.770. The van der Waals surface area contributed by atoms with Gasteiger partial charge in [0.15, 0.2) is 0 Å². The maximum Gasteiger partial charge on any atom is 0.119 e. The summed E-state index contributed by atoms with van der Waals surface area (Å²) in [5.41, 5.74) is 2.76. The molecule has 0 bridgehead atoms. The van der Waals surface area contributed by atoms with Crippen LogP contribution in [-0.2, 0) is 0 Å². The van der Waals surface area contributed by atoms with Crippen LogP contribution in [0.5, 0.6) is 5.75 Å². The van der Waals surface area contributed by atoms with E-state index in [9.17, 15) is 0 Å². The van der Waals surface area contributed by atoms with Crippen LogP contribution in [-0.4, -0.2) is 44.2 Å². The minimum Gasteiger partial charge on any atom is -0.492 e. The first-order valence-corrected chi connectivity index (χ1v) is 8.80. The van der Waals surface area contributed by atoms with Crippen molar-refractivity contribution in [3.63, 3.8) is 0 Å². The van der Waals surface area contributed by atoms with Crippen LogP contribution in [0.15, 0.2) is 18.2 Å². The zero-order valence-electron chi connectivity index (χ0n) is 14.7. The number of aryl methyl sites for hydroxylation is 1. The lowest BCUT2D eigenvalue weighted by Crippen LogP contribution is -2.41. The van der Waals surface area contributed by atoms with Crippen LogP contribution in [0.1, 0.15) is 37.3 Å². The molecule has 23 heavy (non-hydrogen) atoms. The topological polar surface area (TPSA) is 24.5 Å². The molecule has 1 aromatic rings. The third-order valence-electron chi connectivity index (χ3n) is 5.33. The molecule has 2 aliphatic rings. The Labute approximate surface area is 147 Å².